The van der Waals surface area contributed by atoms with Gasteiger partial charge in [-0.25, -0.2) is 9.36 Å². The predicted molar refractivity (Wildman–Crippen MR) is 60.7 cm³/mol. The van der Waals surface area contributed by atoms with Gasteiger partial charge in [0, 0.05) is 0 Å². The highest BCUT2D eigenvalue weighted by molar-refractivity contribution is 5.96. The van der Waals surface area contributed by atoms with Crippen molar-refractivity contribution < 1.29 is 9.21 Å². The first kappa shape index (κ1) is 10.4. The Morgan fingerprint density at radius 2 is 2.31 bits per heavy atom. The van der Waals surface area contributed by atoms with Crippen molar-refractivity contribution in [2.45, 2.75) is 13.3 Å². The van der Waals surface area contributed by atoms with Crippen LogP contribution in [0.4, 0.5) is 0 Å². The normalized spacial score (nSPS) is 10.6. The third kappa shape index (κ3) is 1.39. The monoisotopic (exact) mass is 217 g/mol. The van der Waals surface area contributed by atoms with Gasteiger partial charge in [0.15, 0.2) is 5.58 Å². The minimum absolute atomic E-state index is 0.430. The molecular formula is C12H11NO3. The smallest absolute Gasteiger partial charge is 0.407 e. The maximum absolute atomic E-state index is 11.6. The Bertz CT molecular complexity index is 619. The molecule has 1 aromatic carbocycles. The van der Waals surface area contributed by atoms with Gasteiger partial charge in [-0.3, -0.25) is 4.79 Å². The van der Waals surface area contributed by atoms with E-state index in [-0.39, 0.29) is 0 Å². The third-order valence-corrected chi connectivity index (χ3v) is 2.46. The van der Waals surface area contributed by atoms with E-state index in [1.54, 1.807) is 12.1 Å². The lowest BCUT2D eigenvalue weighted by molar-refractivity contribution is 0.0966. The van der Waals surface area contributed by atoms with Crippen molar-refractivity contribution in [1.29, 1.82) is 0 Å². The molecule has 16 heavy (non-hydrogen) atoms. The molecule has 0 aliphatic carbocycles. The van der Waals surface area contributed by atoms with E-state index in [0.29, 0.717) is 11.1 Å². The number of aryl methyl sites for hydroxylation is 1. The zero-order valence-corrected chi connectivity index (χ0v) is 8.90. The van der Waals surface area contributed by atoms with Crippen molar-refractivity contribution in [3.63, 3.8) is 0 Å². The van der Waals surface area contributed by atoms with Crippen molar-refractivity contribution in [2.24, 2.45) is 0 Å². The van der Waals surface area contributed by atoms with Crippen LogP contribution in [0.15, 0.2) is 40.1 Å². The molecule has 0 saturated heterocycles. The van der Waals surface area contributed by atoms with Crippen LogP contribution in [0.5, 0.6) is 0 Å². The molecule has 0 N–H and O–H groups in total. The van der Waals surface area contributed by atoms with Crippen LogP contribution in [0.1, 0.15) is 17.3 Å². The Labute approximate surface area is 91.8 Å². The Kier molecular flexibility index (Phi) is 2.48. The van der Waals surface area contributed by atoms with Gasteiger partial charge in [-0.2, -0.15) is 0 Å². The molecule has 0 radical (unpaired) electrons. The molecule has 0 aliphatic rings. The highest BCUT2D eigenvalue weighted by Gasteiger charge is 2.15. The Morgan fingerprint density at radius 3 is 2.94 bits per heavy atom. The van der Waals surface area contributed by atoms with Crippen LogP contribution in [-0.4, -0.2) is 10.5 Å². The molecule has 0 unspecified atom stereocenters. The van der Waals surface area contributed by atoms with Crippen molar-refractivity contribution in [1.82, 2.24) is 4.57 Å². The van der Waals surface area contributed by atoms with Crippen LogP contribution in [0, 0.1) is 0 Å². The Balaban J connectivity index is 2.91. The molecule has 0 bridgehead atoms. The number of oxazole rings is 1. The predicted octanol–water partition coefficient (Wildman–Crippen LogP) is 1.98. The molecule has 4 nitrogen and oxygen atoms in total. The molecule has 0 aliphatic heterocycles. The van der Waals surface area contributed by atoms with Crippen LogP contribution in [0.2, 0.25) is 0 Å². The average molecular weight is 217 g/mol. The summed E-state index contributed by atoms with van der Waals surface area (Å²) < 4.78 is 6.02. The summed E-state index contributed by atoms with van der Waals surface area (Å²) in [6.07, 6.45) is 1.82. The van der Waals surface area contributed by atoms with Gasteiger partial charge in [0.2, 0.25) is 0 Å². The molecule has 2 rings (SSSR count). The molecule has 0 saturated carbocycles. The molecule has 0 spiro atoms. The lowest BCUT2D eigenvalue weighted by atomic mass is 10.1. The second-order valence-electron chi connectivity index (χ2n) is 3.36. The lowest BCUT2D eigenvalue weighted by Crippen LogP contribution is -2.20. The topological polar surface area (TPSA) is 52.2 Å². The van der Waals surface area contributed by atoms with Gasteiger partial charge in [-0.05, 0) is 24.1 Å². The highest BCUT2D eigenvalue weighted by Crippen LogP contribution is 2.18. The largest absolute Gasteiger partial charge is 0.427 e. The molecule has 1 aromatic heterocycles. The van der Waals surface area contributed by atoms with Crippen molar-refractivity contribution in [3.05, 3.63) is 47.0 Å². The molecule has 82 valence electrons. The minimum Gasteiger partial charge on any atom is -0.407 e. The fraction of sp³-hybridized carbons (Fsp3) is 0.167. The van der Waals surface area contributed by atoms with Crippen LogP contribution in [0.3, 0.4) is 0 Å². The SMILES string of the molecule is C=CC(=O)n1c(=O)oc2cccc(CC)c21. The number of allylic oxidation sites excluding steroid dienone is 1. The van der Waals surface area contributed by atoms with Gasteiger partial charge in [0.25, 0.3) is 5.91 Å². The van der Waals surface area contributed by atoms with E-state index in [0.717, 1.165) is 22.6 Å². The van der Waals surface area contributed by atoms with Crippen LogP contribution < -0.4 is 5.76 Å². The van der Waals surface area contributed by atoms with E-state index in [2.05, 4.69) is 6.58 Å². The lowest BCUT2D eigenvalue weighted by Gasteiger charge is -2.00. The molecule has 2 aromatic rings. The summed E-state index contributed by atoms with van der Waals surface area (Å²) >= 11 is 0. The van der Waals surface area contributed by atoms with E-state index in [1.807, 2.05) is 13.0 Å². The molecule has 1 heterocycles. The number of fused-ring (bicyclic) bond motifs is 1. The fourth-order valence-corrected chi connectivity index (χ4v) is 1.71. The number of carbonyl (C=O) groups excluding carboxylic acids is 1. The second-order valence-corrected chi connectivity index (χ2v) is 3.36. The quantitative estimate of drug-likeness (QED) is 0.723. The number of nitrogens with zero attached hydrogens (tertiary/aromatic N) is 1. The summed E-state index contributed by atoms with van der Waals surface area (Å²) in [7, 11) is 0. The average Bonchev–Trinajstić information content (AvgIpc) is 2.63. The molecule has 0 amide bonds. The number of aromatic nitrogens is 1. The second kappa shape index (κ2) is 3.81. The van der Waals surface area contributed by atoms with Crippen LogP contribution in [0.25, 0.3) is 11.1 Å². The first-order valence-corrected chi connectivity index (χ1v) is 4.99. The summed E-state index contributed by atoms with van der Waals surface area (Å²) in [4.78, 5) is 23.1. The minimum atomic E-state index is -0.666. The Morgan fingerprint density at radius 1 is 1.56 bits per heavy atom. The summed E-state index contributed by atoms with van der Waals surface area (Å²) in [5, 5.41) is 0. The maximum atomic E-state index is 11.6. The fourth-order valence-electron chi connectivity index (χ4n) is 1.71. The first-order chi connectivity index (χ1) is 7.69. The standard InChI is InChI=1S/C12H11NO3/c1-3-8-6-5-7-9-11(8)13(10(14)4-2)12(15)16-9/h4-7H,2-3H2,1H3. The van der Waals surface area contributed by atoms with E-state index in [9.17, 15) is 9.59 Å². The molecule has 0 atom stereocenters. The van der Waals surface area contributed by atoms with E-state index >= 15 is 0 Å². The van der Waals surface area contributed by atoms with Gasteiger partial charge in [-0.15, -0.1) is 0 Å². The summed E-state index contributed by atoms with van der Waals surface area (Å²) in [5.74, 6) is -1.13. The molecular weight excluding hydrogens is 206 g/mol. The maximum Gasteiger partial charge on any atom is 0.427 e. The Hall–Kier alpha value is -2.10. The summed E-state index contributed by atoms with van der Waals surface area (Å²) in [5.41, 5.74) is 1.87. The van der Waals surface area contributed by atoms with Crippen molar-refractivity contribution in [3.8, 4) is 0 Å². The van der Waals surface area contributed by atoms with E-state index in [1.165, 1.54) is 0 Å². The number of benzene rings is 1. The zero-order valence-electron chi connectivity index (χ0n) is 8.90. The number of hydrogen-bond acceptors (Lipinski definition) is 3. The van der Waals surface area contributed by atoms with Crippen molar-refractivity contribution in [2.75, 3.05) is 0 Å². The van der Waals surface area contributed by atoms with E-state index < -0.39 is 11.7 Å². The van der Waals surface area contributed by atoms with Gasteiger partial charge in [-0.1, -0.05) is 25.6 Å². The number of carbonyl (C=O) groups is 1. The first-order valence-electron chi connectivity index (χ1n) is 4.99. The number of para-hydroxylation sites is 1. The van der Waals surface area contributed by atoms with E-state index in [4.69, 9.17) is 4.42 Å². The number of hydrogen-bond donors (Lipinski definition) is 0. The highest BCUT2D eigenvalue weighted by atomic mass is 16.4. The zero-order chi connectivity index (χ0) is 11.7. The summed E-state index contributed by atoms with van der Waals surface area (Å²) in [6.45, 7) is 5.32. The van der Waals surface area contributed by atoms with Crippen LogP contribution in [-0.2, 0) is 6.42 Å². The van der Waals surface area contributed by atoms with Gasteiger partial charge in [0.1, 0.15) is 5.52 Å². The van der Waals surface area contributed by atoms with Gasteiger partial charge in [0.05, 0.1) is 0 Å². The molecule has 0 fully saturated rings. The van der Waals surface area contributed by atoms with Crippen LogP contribution >= 0.6 is 0 Å². The van der Waals surface area contributed by atoms with Gasteiger partial charge < -0.3 is 4.42 Å². The summed E-state index contributed by atoms with van der Waals surface area (Å²) in [6, 6.07) is 5.33. The van der Waals surface area contributed by atoms with Gasteiger partial charge >= 0.3 is 5.76 Å². The third-order valence-electron chi connectivity index (χ3n) is 2.46. The molecule has 4 heteroatoms. The number of rotatable bonds is 2. The van der Waals surface area contributed by atoms with Crippen molar-refractivity contribution >= 4 is 17.0 Å².